The standard InChI is InChI=1S/C10H8BrClN2O/c1-3-4-14(2)10(15)8-5-7(11)6-13-9(8)12/h1,5-6H,4H2,2H3. The van der Waals surface area contributed by atoms with Crippen LogP contribution in [0.1, 0.15) is 10.4 Å². The molecule has 0 aliphatic heterocycles. The normalized spacial score (nSPS) is 9.47. The maximum Gasteiger partial charge on any atom is 0.257 e. The van der Waals surface area contributed by atoms with Crippen molar-refractivity contribution in [2.75, 3.05) is 13.6 Å². The first kappa shape index (κ1) is 12.0. The summed E-state index contributed by atoms with van der Waals surface area (Å²) in [4.78, 5) is 17.1. The summed E-state index contributed by atoms with van der Waals surface area (Å²) >= 11 is 9.02. The van der Waals surface area contributed by atoms with Crippen LogP contribution in [-0.2, 0) is 0 Å². The van der Waals surface area contributed by atoms with Gasteiger partial charge in [-0.2, -0.15) is 0 Å². The SMILES string of the molecule is C#CCN(C)C(=O)c1cc(Br)cnc1Cl. The Kier molecular flexibility index (Phi) is 4.13. The summed E-state index contributed by atoms with van der Waals surface area (Å²) in [5, 5.41) is 0.173. The van der Waals surface area contributed by atoms with Crippen LogP contribution in [0, 0.1) is 12.3 Å². The molecule has 1 aromatic heterocycles. The van der Waals surface area contributed by atoms with Crippen LogP contribution in [0.5, 0.6) is 0 Å². The third-order valence-corrected chi connectivity index (χ3v) is 2.45. The zero-order valence-electron chi connectivity index (χ0n) is 8.00. The lowest BCUT2D eigenvalue weighted by atomic mass is 10.2. The Labute approximate surface area is 102 Å². The average Bonchev–Trinajstić information content (AvgIpc) is 2.21. The average molecular weight is 288 g/mol. The Balaban J connectivity index is 3.01. The summed E-state index contributed by atoms with van der Waals surface area (Å²) in [5.41, 5.74) is 0.337. The largest absolute Gasteiger partial charge is 0.330 e. The zero-order valence-corrected chi connectivity index (χ0v) is 10.3. The van der Waals surface area contributed by atoms with Crippen molar-refractivity contribution >= 4 is 33.4 Å². The molecule has 0 bridgehead atoms. The molecule has 0 atom stereocenters. The van der Waals surface area contributed by atoms with Crippen molar-refractivity contribution in [2.24, 2.45) is 0 Å². The second kappa shape index (κ2) is 5.15. The third-order valence-electron chi connectivity index (χ3n) is 1.71. The molecule has 0 fully saturated rings. The van der Waals surface area contributed by atoms with Crippen molar-refractivity contribution in [2.45, 2.75) is 0 Å². The van der Waals surface area contributed by atoms with Gasteiger partial charge in [-0.25, -0.2) is 4.98 Å². The van der Waals surface area contributed by atoms with E-state index in [1.165, 1.54) is 11.1 Å². The lowest BCUT2D eigenvalue weighted by molar-refractivity contribution is 0.0812. The molecule has 0 unspecified atom stereocenters. The van der Waals surface area contributed by atoms with Crippen LogP contribution in [-0.4, -0.2) is 29.4 Å². The molecule has 15 heavy (non-hydrogen) atoms. The van der Waals surface area contributed by atoms with Crippen molar-refractivity contribution in [3.05, 3.63) is 27.5 Å². The van der Waals surface area contributed by atoms with E-state index in [0.29, 0.717) is 10.0 Å². The van der Waals surface area contributed by atoms with Gasteiger partial charge in [-0.3, -0.25) is 4.79 Å². The molecular weight excluding hydrogens is 279 g/mol. The molecule has 0 saturated heterocycles. The molecule has 0 aromatic carbocycles. The number of halogens is 2. The Morgan fingerprint density at radius 2 is 2.47 bits per heavy atom. The first-order valence-electron chi connectivity index (χ1n) is 4.06. The van der Waals surface area contributed by atoms with Gasteiger partial charge in [0.1, 0.15) is 5.15 Å². The van der Waals surface area contributed by atoms with Gasteiger partial charge in [0.25, 0.3) is 5.91 Å². The Morgan fingerprint density at radius 3 is 3.07 bits per heavy atom. The number of aromatic nitrogens is 1. The third kappa shape index (κ3) is 2.95. The van der Waals surface area contributed by atoms with Crippen LogP contribution in [0.2, 0.25) is 5.15 Å². The highest BCUT2D eigenvalue weighted by Crippen LogP contribution is 2.19. The van der Waals surface area contributed by atoms with E-state index in [-0.39, 0.29) is 17.6 Å². The first-order valence-corrected chi connectivity index (χ1v) is 5.23. The Hall–Kier alpha value is -1.05. The van der Waals surface area contributed by atoms with Gasteiger partial charge in [0.15, 0.2) is 0 Å². The Morgan fingerprint density at radius 1 is 1.80 bits per heavy atom. The second-order valence-electron chi connectivity index (χ2n) is 2.86. The van der Waals surface area contributed by atoms with E-state index in [4.69, 9.17) is 18.0 Å². The van der Waals surface area contributed by atoms with Crippen LogP contribution < -0.4 is 0 Å². The van der Waals surface area contributed by atoms with Crippen molar-refractivity contribution in [3.8, 4) is 12.3 Å². The predicted octanol–water partition coefficient (Wildman–Crippen LogP) is 2.20. The molecule has 5 heteroatoms. The Bertz CT molecular complexity index is 428. The van der Waals surface area contributed by atoms with E-state index in [0.717, 1.165) is 0 Å². The minimum absolute atomic E-state index is 0.173. The molecule has 1 rings (SSSR count). The number of amides is 1. The van der Waals surface area contributed by atoms with Crippen molar-refractivity contribution in [1.29, 1.82) is 0 Å². The molecule has 0 aliphatic rings. The number of hydrogen-bond acceptors (Lipinski definition) is 2. The summed E-state index contributed by atoms with van der Waals surface area (Å²) < 4.78 is 0.698. The van der Waals surface area contributed by atoms with Gasteiger partial charge in [-0.15, -0.1) is 6.42 Å². The van der Waals surface area contributed by atoms with Crippen molar-refractivity contribution in [3.63, 3.8) is 0 Å². The molecule has 3 nitrogen and oxygen atoms in total. The van der Waals surface area contributed by atoms with Crippen LogP contribution in [0.25, 0.3) is 0 Å². The van der Waals surface area contributed by atoms with Crippen LogP contribution in [0.3, 0.4) is 0 Å². The minimum atomic E-state index is -0.244. The number of pyridine rings is 1. The molecule has 78 valence electrons. The highest BCUT2D eigenvalue weighted by atomic mass is 79.9. The molecule has 0 aliphatic carbocycles. The van der Waals surface area contributed by atoms with Gasteiger partial charge in [0.2, 0.25) is 0 Å². The van der Waals surface area contributed by atoms with E-state index >= 15 is 0 Å². The van der Waals surface area contributed by atoms with Crippen LogP contribution in [0.4, 0.5) is 0 Å². The zero-order chi connectivity index (χ0) is 11.4. The molecule has 1 amide bonds. The maximum atomic E-state index is 11.8. The maximum absolute atomic E-state index is 11.8. The van der Waals surface area contributed by atoms with Gasteiger partial charge in [0, 0.05) is 17.7 Å². The summed E-state index contributed by atoms with van der Waals surface area (Å²) in [6.45, 7) is 0.238. The smallest absolute Gasteiger partial charge is 0.257 e. The predicted molar refractivity (Wildman–Crippen MR) is 62.7 cm³/mol. The first-order chi connectivity index (χ1) is 7.06. The fourth-order valence-electron chi connectivity index (χ4n) is 0.987. The summed E-state index contributed by atoms with van der Waals surface area (Å²) in [7, 11) is 1.61. The summed E-state index contributed by atoms with van der Waals surface area (Å²) in [5.74, 6) is 2.14. The van der Waals surface area contributed by atoms with Crippen molar-refractivity contribution in [1.82, 2.24) is 9.88 Å². The van der Waals surface area contributed by atoms with Crippen LogP contribution in [0.15, 0.2) is 16.7 Å². The van der Waals surface area contributed by atoms with E-state index in [9.17, 15) is 4.79 Å². The highest BCUT2D eigenvalue weighted by Gasteiger charge is 2.15. The van der Waals surface area contributed by atoms with E-state index < -0.39 is 0 Å². The fraction of sp³-hybridized carbons (Fsp3) is 0.200. The molecule has 0 saturated carbocycles. The number of hydrogen-bond donors (Lipinski definition) is 0. The second-order valence-corrected chi connectivity index (χ2v) is 4.13. The minimum Gasteiger partial charge on any atom is -0.330 e. The number of carbonyl (C=O) groups excluding carboxylic acids is 1. The molecule has 1 aromatic rings. The van der Waals surface area contributed by atoms with Crippen molar-refractivity contribution < 1.29 is 4.79 Å². The molecule has 1 heterocycles. The highest BCUT2D eigenvalue weighted by molar-refractivity contribution is 9.10. The van der Waals surface area contributed by atoms with Gasteiger partial charge in [0.05, 0.1) is 12.1 Å². The van der Waals surface area contributed by atoms with E-state index in [1.807, 2.05) is 0 Å². The van der Waals surface area contributed by atoms with Gasteiger partial charge in [-0.1, -0.05) is 17.5 Å². The lowest BCUT2D eigenvalue weighted by Gasteiger charge is -2.14. The topological polar surface area (TPSA) is 33.2 Å². The van der Waals surface area contributed by atoms with E-state index in [1.54, 1.807) is 13.1 Å². The molecular formula is C10H8BrClN2O. The summed E-state index contributed by atoms with van der Waals surface area (Å²) in [6.07, 6.45) is 6.64. The quantitative estimate of drug-likeness (QED) is 0.617. The fourth-order valence-corrected chi connectivity index (χ4v) is 1.50. The molecule has 0 spiro atoms. The van der Waals surface area contributed by atoms with Crippen LogP contribution >= 0.6 is 27.5 Å². The molecule has 0 radical (unpaired) electrons. The lowest BCUT2D eigenvalue weighted by Crippen LogP contribution is -2.27. The van der Waals surface area contributed by atoms with Gasteiger partial charge < -0.3 is 4.90 Å². The van der Waals surface area contributed by atoms with E-state index in [2.05, 4.69) is 26.8 Å². The van der Waals surface area contributed by atoms with Gasteiger partial charge >= 0.3 is 0 Å². The number of nitrogens with zero attached hydrogens (tertiary/aromatic N) is 2. The number of terminal acetylenes is 1. The van der Waals surface area contributed by atoms with Gasteiger partial charge in [-0.05, 0) is 22.0 Å². The monoisotopic (exact) mass is 286 g/mol. The number of rotatable bonds is 2. The molecule has 0 N–H and O–H groups in total. The summed E-state index contributed by atoms with van der Waals surface area (Å²) in [6, 6.07) is 1.62. The number of carbonyl (C=O) groups is 1.